The molecule has 0 fully saturated rings. The van der Waals surface area contributed by atoms with E-state index in [1.807, 2.05) is 27.7 Å². The Morgan fingerprint density at radius 2 is 1.74 bits per heavy atom. The lowest BCUT2D eigenvalue weighted by Crippen LogP contribution is -2.39. The molecular weight excluding hydrogens is 398 g/mol. The van der Waals surface area contributed by atoms with Gasteiger partial charge < -0.3 is 20.7 Å². The summed E-state index contributed by atoms with van der Waals surface area (Å²) in [6.07, 6.45) is 1.50. The van der Waals surface area contributed by atoms with Crippen LogP contribution in [0.5, 0.6) is 0 Å². The topological polar surface area (TPSA) is 114 Å². The highest BCUT2D eigenvalue weighted by Gasteiger charge is 2.21. The van der Waals surface area contributed by atoms with E-state index in [2.05, 4.69) is 21.0 Å². The second-order valence-corrected chi connectivity index (χ2v) is 7.63. The minimum Gasteiger partial charge on any atom is -0.449 e. The number of hydrogen-bond acceptors (Lipinski definition) is 5. The highest BCUT2D eigenvalue weighted by molar-refractivity contribution is 5.96. The first-order valence-corrected chi connectivity index (χ1v) is 10.4. The molecule has 2 rings (SSSR count). The van der Waals surface area contributed by atoms with Gasteiger partial charge >= 0.3 is 12.0 Å². The normalized spacial score (nSPS) is 12.7. The summed E-state index contributed by atoms with van der Waals surface area (Å²) in [6, 6.07) is 8.27. The van der Waals surface area contributed by atoms with Crippen molar-refractivity contribution in [3.63, 3.8) is 0 Å². The number of nitrogens with zero attached hydrogens (tertiary/aromatic N) is 2. The number of esters is 1. The molecule has 0 aliphatic carbocycles. The molecule has 0 aliphatic heterocycles. The van der Waals surface area contributed by atoms with Crippen LogP contribution in [0.15, 0.2) is 36.5 Å². The lowest BCUT2D eigenvalue weighted by molar-refractivity contribution is -0.123. The van der Waals surface area contributed by atoms with E-state index in [1.165, 1.54) is 6.92 Å². The molecule has 2 atom stereocenters. The Kier molecular flexibility index (Phi) is 8.60. The molecule has 1 heterocycles. The number of ether oxygens (including phenoxy) is 1. The van der Waals surface area contributed by atoms with E-state index in [1.54, 1.807) is 41.2 Å². The maximum atomic E-state index is 12.4. The minimum absolute atomic E-state index is 0.0481. The fourth-order valence-electron chi connectivity index (χ4n) is 2.70. The first kappa shape index (κ1) is 23.9. The van der Waals surface area contributed by atoms with Crippen LogP contribution in [0.4, 0.5) is 10.6 Å². The first-order chi connectivity index (χ1) is 14.7. The second kappa shape index (κ2) is 11.1. The predicted molar refractivity (Wildman–Crippen MR) is 118 cm³/mol. The Labute approximate surface area is 182 Å². The molecule has 0 saturated heterocycles. The zero-order valence-electron chi connectivity index (χ0n) is 18.6. The predicted octanol–water partition coefficient (Wildman–Crippen LogP) is 3.25. The Hall–Kier alpha value is -3.36. The molecule has 2 aromatic rings. The Morgan fingerprint density at radius 1 is 1.06 bits per heavy atom. The van der Waals surface area contributed by atoms with Crippen molar-refractivity contribution in [2.24, 2.45) is 0 Å². The highest BCUT2D eigenvalue weighted by Crippen LogP contribution is 2.17. The molecule has 3 amide bonds. The van der Waals surface area contributed by atoms with Crippen LogP contribution < -0.4 is 16.0 Å². The van der Waals surface area contributed by atoms with Crippen molar-refractivity contribution < 1.29 is 19.1 Å². The van der Waals surface area contributed by atoms with Crippen molar-refractivity contribution in [2.75, 3.05) is 5.32 Å². The molecule has 3 N–H and O–H groups in total. The maximum Gasteiger partial charge on any atom is 0.338 e. The zero-order valence-corrected chi connectivity index (χ0v) is 18.6. The van der Waals surface area contributed by atoms with Crippen molar-refractivity contribution >= 4 is 23.7 Å². The van der Waals surface area contributed by atoms with E-state index < -0.39 is 18.0 Å². The number of carbonyl (C=O) groups is 3. The van der Waals surface area contributed by atoms with Crippen molar-refractivity contribution in [2.45, 2.75) is 65.8 Å². The molecular formula is C22H31N5O4. The molecule has 1 aromatic heterocycles. The fraction of sp³-hybridized carbons (Fsp3) is 0.455. The van der Waals surface area contributed by atoms with E-state index in [4.69, 9.17) is 4.74 Å². The quantitative estimate of drug-likeness (QED) is 0.530. The average molecular weight is 430 g/mol. The summed E-state index contributed by atoms with van der Waals surface area (Å²) in [6.45, 7) is 9.63. The standard InChI is InChI=1S/C22H31N5O4/c1-6-15(4)27-19(11-12-24-27)26-20(28)16(5)31-21(29)18-9-7-17(8-10-18)13-23-22(30)25-14(2)3/h7-12,14-16H,6,13H2,1-5H3,(H,26,28)(H2,23,25,30)/t15-,16+/m0/s1. The summed E-state index contributed by atoms with van der Waals surface area (Å²) in [5.74, 6) is -0.480. The molecule has 9 heteroatoms. The SMILES string of the molecule is CC[C@H](C)n1nccc1NC(=O)[C@@H](C)OC(=O)c1ccc(CNC(=O)NC(C)C)cc1. The first-order valence-electron chi connectivity index (χ1n) is 10.4. The number of carbonyl (C=O) groups excluding carboxylic acids is 3. The fourth-order valence-corrected chi connectivity index (χ4v) is 2.70. The van der Waals surface area contributed by atoms with E-state index in [0.717, 1.165) is 12.0 Å². The number of aromatic nitrogens is 2. The highest BCUT2D eigenvalue weighted by atomic mass is 16.5. The third-order valence-corrected chi connectivity index (χ3v) is 4.65. The third kappa shape index (κ3) is 7.13. The van der Waals surface area contributed by atoms with Gasteiger partial charge in [0.15, 0.2) is 6.10 Å². The van der Waals surface area contributed by atoms with Gasteiger partial charge in [-0.25, -0.2) is 14.3 Å². The van der Waals surface area contributed by atoms with Crippen LogP contribution in [0.3, 0.4) is 0 Å². The molecule has 9 nitrogen and oxygen atoms in total. The van der Waals surface area contributed by atoms with Crippen LogP contribution in [0.25, 0.3) is 0 Å². The molecule has 0 aliphatic rings. The van der Waals surface area contributed by atoms with Crippen LogP contribution in [-0.2, 0) is 16.1 Å². The summed E-state index contributed by atoms with van der Waals surface area (Å²) in [7, 11) is 0. The van der Waals surface area contributed by atoms with Gasteiger partial charge in [0.1, 0.15) is 5.82 Å². The number of rotatable bonds is 9. The van der Waals surface area contributed by atoms with E-state index in [-0.39, 0.29) is 18.1 Å². The van der Waals surface area contributed by atoms with Crippen molar-refractivity contribution in [3.8, 4) is 0 Å². The van der Waals surface area contributed by atoms with Crippen molar-refractivity contribution in [3.05, 3.63) is 47.7 Å². The lowest BCUT2D eigenvalue weighted by Gasteiger charge is -2.17. The lowest BCUT2D eigenvalue weighted by atomic mass is 10.1. The third-order valence-electron chi connectivity index (χ3n) is 4.65. The number of nitrogens with one attached hydrogen (secondary N) is 3. The van der Waals surface area contributed by atoms with Gasteiger partial charge in [0, 0.05) is 18.7 Å². The van der Waals surface area contributed by atoms with Crippen molar-refractivity contribution in [1.82, 2.24) is 20.4 Å². The molecule has 0 bridgehead atoms. The Bertz CT molecular complexity index is 892. The van der Waals surface area contributed by atoms with E-state index >= 15 is 0 Å². The molecule has 0 unspecified atom stereocenters. The monoisotopic (exact) mass is 429 g/mol. The van der Waals surface area contributed by atoms with E-state index in [9.17, 15) is 14.4 Å². The van der Waals surface area contributed by atoms with Crippen LogP contribution in [0.2, 0.25) is 0 Å². The number of hydrogen-bond donors (Lipinski definition) is 3. The van der Waals surface area contributed by atoms with Gasteiger partial charge in [0.25, 0.3) is 5.91 Å². The molecule has 31 heavy (non-hydrogen) atoms. The number of benzene rings is 1. The smallest absolute Gasteiger partial charge is 0.338 e. The number of anilines is 1. The van der Waals surface area contributed by atoms with E-state index in [0.29, 0.717) is 17.9 Å². The summed E-state index contributed by atoms with van der Waals surface area (Å²) in [5.41, 5.74) is 1.15. The van der Waals surface area contributed by atoms with Crippen LogP contribution in [0.1, 0.15) is 63.0 Å². The van der Waals surface area contributed by atoms with Gasteiger partial charge in [-0.05, 0) is 51.8 Å². The molecule has 0 saturated carbocycles. The van der Waals surface area contributed by atoms with Gasteiger partial charge in [-0.3, -0.25) is 4.79 Å². The van der Waals surface area contributed by atoms with Gasteiger partial charge in [0.2, 0.25) is 0 Å². The summed E-state index contributed by atoms with van der Waals surface area (Å²) >= 11 is 0. The van der Waals surface area contributed by atoms with Crippen LogP contribution in [0, 0.1) is 0 Å². The Balaban J connectivity index is 1.88. The molecule has 1 aromatic carbocycles. The number of amides is 3. The van der Waals surface area contributed by atoms with Gasteiger partial charge in [-0.2, -0.15) is 5.10 Å². The van der Waals surface area contributed by atoms with Gasteiger partial charge in [0.05, 0.1) is 17.8 Å². The Morgan fingerprint density at radius 3 is 2.35 bits per heavy atom. The van der Waals surface area contributed by atoms with Crippen LogP contribution in [-0.4, -0.2) is 39.8 Å². The molecule has 0 radical (unpaired) electrons. The van der Waals surface area contributed by atoms with Crippen LogP contribution >= 0.6 is 0 Å². The second-order valence-electron chi connectivity index (χ2n) is 7.63. The summed E-state index contributed by atoms with van der Waals surface area (Å²) < 4.78 is 7.02. The minimum atomic E-state index is -0.978. The summed E-state index contributed by atoms with van der Waals surface area (Å²) in [5, 5.41) is 12.4. The van der Waals surface area contributed by atoms with Gasteiger partial charge in [-0.1, -0.05) is 19.1 Å². The maximum absolute atomic E-state index is 12.4. The molecule has 0 spiro atoms. The molecule has 168 valence electrons. The zero-order chi connectivity index (χ0) is 23.0. The summed E-state index contributed by atoms with van der Waals surface area (Å²) in [4.78, 5) is 36.5. The van der Waals surface area contributed by atoms with Gasteiger partial charge in [-0.15, -0.1) is 0 Å². The largest absolute Gasteiger partial charge is 0.449 e. The number of urea groups is 1. The van der Waals surface area contributed by atoms with Crippen molar-refractivity contribution in [1.29, 1.82) is 0 Å². The average Bonchev–Trinajstić information content (AvgIpc) is 3.19.